The lowest BCUT2D eigenvalue weighted by Gasteiger charge is -2.35. The van der Waals surface area contributed by atoms with Crippen LogP contribution in [-0.2, 0) is 18.6 Å². The third-order valence-corrected chi connectivity index (χ3v) is 9.22. The topological polar surface area (TPSA) is 94.2 Å². The van der Waals surface area contributed by atoms with E-state index >= 15 is 0 Å². The first-order valence-corrected chi connectivity index (χ1v) is 15.3. The number of carbonyl (C=O) groups is 2. The highest BCUT2D eigenvalue weighted by Crippen LogP contribution is 2.29. The summed E-state index contributed by atoms with van der Waals surface area (Å²) < 4.78 is 5.45. The third-order valence-electron chi connectivity index (χ3n) is 7.98. The van der Waals surface area contributed by atoms with Gasteiger partial charge < -0.3 is 10.2 Å². The Balaban J connectivity index is 1.45. The highest BCUT2D eigenvalue weighted by Gasteiger charge is 2.37. The number of hydrogen-bond acceptors (Lipinski definition) is 4. The average molecular weight is 674 g/mol. The van der Waals surface area contributed by atoms with E-state index in [0.29, 0.717) is 26.4 Å². The first-order valence-electron chi connectivity index (χ1n) is 14.1. The molecule has 2 amide bonds. The summed E-state index contributed by atoms with van der Waals surface area (Å²) in [5.74, 6) is -0.660. The average Bonchev–Trinajstić information content (AvgIpc) is 3.65. The van der Waals surface area contributed by atoms with Crippen LogP contribution in [0.1, 0.15) is 52.9 Å². The molecule has 1 atom stereocenters. The standard InChI is InChI=1S/C33H30BrClN6O3/c1-21-19-39-28(20-38(21)31(43)22-10-15-26(34)27(35)18-22)29(30(42)37-33(2,3)23-8-5-4-6-9-23)41(32(39)44)25-13-11-24(12-14-25)40-17-7-16-36-40/h4-18,21H,19-20H2,1-3H3,(H,37,42)/t21-/m0/s1. The van der Waals surface area contributed by atoms with Crippen molar-refractivity contribution in [1.82, 2.24) is 29.1 Å². The van der Waals surface area contributed by atoms with Gasteiger partial charge in [-0.2, -0.15) is 5.10 Å². The van der Waals surface area contributed by atoms with Crippen LogP contribution in [0.3, 0.4) is 0 Å². The summed E-state index contributed by atoms with van der Waals surface area (Å²) in [6.07, 6.45) is 3.52. The van der Waals surface area contributed by atoms with E-state index in [4.69, 9.17) is 11.6 Å². The van der Waals surface area contributed by atoms with Gasteiger partial charge in [-0.25, -0.2) is 9.48 Å². The van der Waals surface area contributed by atoms with Crippen LogP contribution >= 0.6 is 27.5 Å². The molecule has 3 aromatic carbocycles. The summed E-state index contributed by atoms with van der Waals surface area (Å²) in [6.45, 7) is 6.02. The van der Waals surface area contributed by atoms with Gasteiger partial charge in [0.15, 0.2) is 0 Å². The molecule has 1 N–H and O–H groups in total. The number of carbonyl (C=O) groups excluding carboxylic acids is 2. The Kier molecular flexibility index (Phi) is 7.81. The Labute approximate surface area is 267 Å². The van der Waals surface area contributed by atoms with Gasteiger partial charge in [0.1, 0.15) is 5.69 Å². The van der Waals surface area contributed by atoms with Crippen molar-refractivity contribution in [2.75, 3.05) is 0 Å². The second-order valence-corrected chi connectivity index (χ2v) is 12.6. The number of aromatic nitrogens is 4. The predicted molar refractivity (Wildman–Crippen MR) is 173 cm³/mol. The first-order chi connectivity index (χ1) is 21.0. The van der Waals surface area contributed by atoms with Gasteiger partial charge >= 0.3 is 5.69 Å². The zero-order valence-electron chi connectivity index (χ0n) is 24.4. The molecule has 11 heteroatoms. The molecular formula is C33H30BrClN6O3. The van der Waals surface area contributed by atoms with E-state index in [2.05, 4.69) is 26.3 Å². The predicted octanol–water partition coefficient (Wildman–Crippen LogP) is 5.95. The second kappa shape index (κ2) is 11.6. The van der Waals surface area contributed by atoms with Crippen LogP contribution in [0, 0.1) is 0 Å². The largest absolute Gasteiger partial charge is 0.342 e. The lowest BCUT2D eigenvalue weighted by molar-refractivity contribution is 0.0609. The van der Waals surface area contributed by atoms with Crippen LogP contribution in [0.25, 0.3) is 11.4 Å². The Hall–Kier alpha value is -4.41. The number of benzene rings is 3. The number of fused-ring (bicyclic) bond motifs is 1. The van der Waals surface area contributed by atoms with Crippen molar-refractivity contribution in [2.45, 2.75) is 45.4 Å². The maximum absolute atomic E-state index is 14.3. The fourth-order valence-electron chi connectivity index (χ4n) is 5.60. The van der Waals surface area contributed by atoms with Gasteiger partial charge in [0, 0.05) is 35.0 Å². The molecular weight excluding hydrogens is 644 g/mol. The molecule has 0 aliphatic carbocycles. The molecule has 6 rings (SSSR count). The molecule has 44 heavy (non-hydrogen) atoms. The van der Waals surface area contributed by atoms with E-state index in [9.17, 15) is 14.4 Å². The van der Waals surface area contributed by atoms with Gasteiger partial charge in [-0.15, -0.1) is 0 Å². The minimum absolute atomic E-state index is 0.0653. The minimum Gasteiger partial charge on any atom is -0.342 e. The van der Waals surface area contributed by atoms with E-state index in [1.807, 2.05) is 75.5 Å². The Morgan fingerprint density at radius 3 is 2.36 bits per heavy atom. The molecule has 0 fully saturated rings. The fraction of sp³-hybridized carbons (Fsp3) is 0.212. The molecule has 9 nitrogen and oxygen atoms in total. The van der Waals surface area contributed by atoms with Crippen molar-refractivity contribution >= 4 is 39.3 Å². The van der Waals surface area contributed by atoms with Crippen LogP contribution < -0.4 is 11.0 Å². The first kappa shape index (κ1) is 29.7. The van der Waals surface area contributed by atoms with E-state index in [1.165, 1.54) is 4.57 Å². The van der Waals surface area contributed by atoms with Crippen molar-refractivity contribution in [2.24, 2.45) is 0 Å². The molecule has 0 saturated carbocycles. The molecule has 0 saturated heterocycles. The van der Waals surface area contributed by atoms with Gasteiger partial charge in [-0.05, 0) is 90.8 Å². The highest BCUT2D eigenvalue weighted by atomic mass is 79.9. The summed E-state index contributed by atoms with van der Waals surface area (Å²) in [7, 11) is 0. The monoisotopic (exact) mass is 672 g/mol. The lowest BCUT2D eigenvalue weighted by atomic mass is 9.94. The molecule has 5 aromatic rings. The number of amides is 2. The zero-order valence-corrected chi connectivity index (χ0v) is 26.7. The lowest BCUT2D eigenvalue weighted by Crippen LogP contribution is -2.47. The SMILES string of the molecule is C[C@H]1Cn2c(c(C(=O)NC(C)(C)c3ccccc3)n(-c3ccc(-n4cccn4)cc3)c2=O)CN1C(=O)c1ccc(Br)c(Cl)c1. The van der Waals surface area contributed by atoms with E-state index in [1.54, 1.807) is 50.7 Å². The molecule has 0 radical (unpaired) electrons. The number of nitrogens with zero attached hydrogens (tertiary/aromatic N) is 5. The minimum atomic E-state index is -0.746. The summed E-state index contributed by atoms with van der Waals surface area (Å²) in [5.41, 5.74) is 2.23. The molecule has 0 bridgehead atoms. The Morgan fingerprint density at radius 1 is 1.00 bits per heavy atom. The highest BCUT2D eigenvalue weighted by molar-refractivity contribution is 9.10. The van der Waals surface area contributed by atoms with Crippen LogP contribution in [0.15, 0.2) is 101 Å². The van der Waals surface area contributed by atoms with E-state index in [0.717, 1.165) is 11.3 Å². The number of nitrogens with one attached hydrogen (secondary N) is 1. The van der Waals surface area contributed by atoms with Gasteiger partial charge in [0.05, 0.1) is 34.2 Å². The van der Waals surface area contributed by atoms with Crippen molar-refractivity contribution in [1.29, 1.82) is 0 Å². The van der Waals surface area contributed by atoms with Crippen molar-refractivity contribution < 1.29 is 9.59 Å². The van der Waals surface area contributed by atoms with Crippen molar-refractivity contribution in [3.63, 3.8) is 0 Å². The van der Waals surface area contributed by atoms with Gasteiger partial charge in [0.25, 0.3) is 11.8 Å². The van der Waals surface area contributed by atoms with Crippen LogP contribution in [0.5, 0.6) is 0 Å². The van der Waals surface area contributed by atoms with Crippen molar-refractivity contribution in [3.8, 4) is 11.4 Å². The normalized spacial score (nSPS) is 14.8. The zero-order chi connectivity index (χ0) is 31.2. The summed E-state index contributed by atoms with van der Waals surface area (Å²) >= 11 is 9.68. The molecule has 0 unspecified atom stereocenters. The van der Waals surface area contributed by atoms with Gasteiger partial charge in [-0.1, -0.05) is 41.9 Å². The second-order valence-electron chi connectivity index (χ2n) is 11.3. The summed E-state index contributed by atoms with van der Waals surface area (Å²) in [5, 5.41) is 7.84. The number of rotatable bonds is 6. The maximum Gasteiger partial charge on any atom is 0.333 e. The molecule has 0 spiro atoms. The molecule has 3 heterocycles. The smallest absolute Gasteiger partial charge is 0.333 e. The Morgan fingerprint density at radius 2 is 1.70 bits per heavy atom. The number of imidazole rings is 1. The molecule has 2 aromatic heterocycles. The van der Waals surface area contributed by atoms with E-state index in [-0.39, 0.29) is 36.4 Å². The van der Waals surface area contributed by atoms with Crippen LogP contribution in [0.4, 0.5) is 0 Å². The fourth-order valence-corrected chi connectivity index (χ4v) is 6.03. The quantitative estimate of drug-likeness (QED) is 0.241. The Bertz CT molecular complexity index is 1910. The molecule has 1 aliphatic rings. The summed E-state index contributed by atoms with van der Waals surface area (Å²) in [6, 6.07) is 23.5. The maximum atomic E-state index is 14.3. The summed E-state index contributed by atoms with van der Waals surface area (Å²) in [4.78, 5) is 43.7. The number of hydrogen-bond donors (Lipinski definition) is 1. The van der Waals surface area contributed by atoms with Crippen LogP contribution in [0.2, 0.25) is 5.02 Å². The van der Waals surface area contributed by atoms with Gasteiger partial charge in [-0.3, -0.25) is 18.7 Å². The van der Waals surface area contributed by atoms with Crippen LogP contribution in [-0.4, -0.2) is 41.7 Å². The molecule has 1 aliphatic heterocycles. The third kappa shape index (κ3) is 5.39. The molecule has 224 valence electrons. The van der Waals surface area contributed by atoms with Gasteiger partial charge in [0.2, 0.25) is 0 Å². The van der Waals surface area contributed by atoms with Crippen molar-refractivity contribution in [3.05, 3.63) is 134 Å². The van der Waals surface area contributed by atoms with E-state index < -0.39 is 11.4 Å². The number of halogens is 2.